The Morgan fingerprint density at radius 3 is 3.04 bits per heavy atom. The lowest BCUT2D eigenvalue weighted by Gasteiger charge is -2.12. The van der Waals surface area contributed by atoms with E-state index in [2.05, 4.69) is 30.9 Å². The van der Waals surface area contributed by atoms with E-state index < -0.39 is 0 Å². The van der Waals surface area contributed by atoms with Gasteiger partial charge in [-0.3, -0.25) is 4.79 Å². The van der Waals surface area contributed by atoms with E-state index in [1.54, 1.807) is 12.3 Å². The van der Waals surface area contributed by atoms with E-state index in [0.29, 0.717) is 29.1 Å². The molecule has 7 nitrogen and oxygen atoms in total. The minimum atomic E-state index is -0.188. The van der Waals surface area contributed by atoms with Crippen LogP contribution in [0.15, 0.2) is 54.7 Å². The number of rotatable bonds is 3. The zero-order valence-electron chi connectivity index (χ0n) is 12.8. The lowest BCUT2D eigenvalue weighted by atomic mass is 10.2. The van der Waals surface area contributed by atoms with Crippen LogP contribution in [0.5, 0.6) is 0 Å². The Kier molecular flexibility index (Phi) is 3.59. The predicted molar refractivity (Wildman–Crippen MR) is 91.7 cm³/mol. The molecule has 24 heavy (non-hydrogen) atoms. The molecule has 0 radical (unpaired) electrons. The number of dihydropyridines is 2. The number of imidazole rings is 1. The first kappa shape index (κ1) is 14.3. The molecule has 0 atom stereocenters. The van der Waals surface area contributed by atoms with Crippen LogP contribution >= 0.6 is 0 Å². The van der Waals surface area contributed by atoms with Crippen molar-refractivity contribution in [1.82, 2.24) is 30.9 Å². The van der Waals surface area contributed by atoms with Crippen LogP contribution < -0.4 is 16.0 Å². The third kappa shape index (κ3) is 2.67. The molecular weight excluding hydrogens is 304 g/mol. The molecule has 4 N–H and O–H groups in total. The second-order valence-corrected chi connectivity index (χ2v) is 5.44. The van der Waals surface area contributed by atoms with Crippen molar-refractivity contribution in [3.05, 3.63) is 66.1 Å². The van der Waals surface area contributed by atoms with Crippen LogP contribution in [-0.2, 0) is 0 Å². The van der Waals surface area contributed by atoms with Crippen LogP contribution in [0.4, 0.5) is 0 Å². The topological polar surface area (TPSA) is 94.7 Å². The number of hydrogen-bond donors (Lipinski definition) is 4. The van der Waals surface area contributed by atoms with Crippen molar-refractivity contribution in [3.63, 3.8) is 0 Å². The van der Waals surface area contributed by atoms with Crippen LogP contribution in [0.3, 0.4) is 0 Å². The molecule has 0 spiro atoms. The van der Waals surface area contributed by atoms with Crippen molar-refractivity contribution in [1.29, 1.82) is 0 Å². The molecule has 2 aromatic heterocycles. The number of H-pyrrole nitrogens is 1. The molecule has 7 heteroatoms. The van der Waals surface area contributed by atoms with Gasteiger partial charge in [-0.25, -0.2) is 9.97 Å². The van der Waals surface area contributed by atoms with E-state index in [4.69, 9.17) is 0 Å². The molecule has 0 bridgehead atoms. The average Bonchev–Trinajstić information content (AvgIpc) is 3.07. The van der Waals surface area contributed by atoms with Gasteiger partial charge in [-0.2, -0.15) is 0 Å². The molecule has 0 unspecified atom stereocenters. The first-order chi connectivity index (χ1) is 11.8. The van der Waals surface area contributed by atoms with Gasteiger partial charge in [0.25, 0.3) is 5.91 Å². The smallest absolute Gasteiger partial charge is 0.257 e. The minimum absolute atomic E-state index is 0.188. The van der Waals surface area contributed by atoms with Gasteiger partial charge in [0.15, 0.2) is 5.65 Å². The Labute approximate surface area is 138 Å². The maximum absolute atomic E-state index is 12.6. The number of fused-ring (bicyclic) bond motifs is 1. The maximum atomic E-state index is 12.6. The molecule has 0 saturated heterocycles. The number of aromatic nitrogens is 3. The molecule has 120 valence electrons. The monoisotopic (exact) mass is 320 g/mol. The lowest BCUT2D eigenvalue weighted by Crippen LogP contribution is -2.29. The van der Waals surface area contributed by atoms with E-state index >= 15 is 0 Å². The van der Waals surface area contributed by atoms with Gasteiger partial charge in [-0.05, 0) is 24.4 Å². The minimum Gasteiger partial charge on any atom is -0.387 e. The number of allylic oxidation sites excluding steroid dienone is 4. The normalized spacial score (nSPS) is 16.2. The summed E-state index contributed by atoms with van der Waals surface area (Å²) in [5.41, 5.74) is 3.41. The first-order valence-electron chi connectivity index (χ1n) is 7.67. The highest BCUT2D eigenvalue weighted by Gasteiger charge is 2.16. The van der Waals surface area contributed by atoms with E-state index in [-0.39, 0.29) is 5.91 Å². The summed E-state index contributed by atoms with van der Waals surface area (Å²) in [5.74, 6) is 0.495. The standard InChI is InChI=1S/C17H16N6O/c24-17(21-12-4-2-7-19-10-12)13-5-8-20-16-14(13)22-15(23-16)11-3-1-6-18-9-11/h1-5,7-9,18-19H,6,10H2,(H,21,24)(H,20,22,23). The van der Waals surface area contributed by atoms with Gasteiger partial charge in [0.2, 0.25) is 0 Å². The Bertz CT molecular complexity index is 918. The van der Waals surface area contributed by atoms with Crippen molar-refractivity contribution >= 4 is 22.6 Å². The number of amides is 1. The van der Waals surface area contributed by atoms with Gasteiger partial charge >= 0.3 is 0 Å². The van der Waals surface area contributed by atoms with Gasteiger partial charge in [0.05, 0.1) is 17.6 Å². The van der Waals surface area contributed by atoms with E-state index in [1.807, 2.05) is 36.7 Å². The molecule has 2 aliphatic rings. The summed E-state index contributed by atoms with van der Waals surface area (Å²) < 4.78 is 0. The van der Waals surface area contributed by atoms with Crippen molar-refractivity contribution in [2.45, 2.75) is 0 Å². The summed E-state index contributed by atoms with van der Waals surface area (Å²) in [7, 11) is 0. The maximum Gasteiger partial charge on any atom is 0.257 e. The summed E-state index contributed by atoms with van der Waals surface area (Å²) in [6.45, 7) is 1.39. The van der Waals surface area contributed by atoms with Crippen LogP contribution in [0.1, 0.15) is 16.2 Å². The number of nitrogens with one attached hydrogen (secondary N) is 4. The fraction of sp³-hybridized carbons (Fsp3) is 0.118. The Morgan fingerprint density at radius 1 is 1.29 bits per heavy atom. The quantitative estimate of drug-likeness (QED) is 0.681. The van der Waals surface area contributed by atoms with Gasteiger partial charge < -0.3 is 20.9 Å². The summed E-state index contributed by atoms with van der Waals surface area (Å²) >= 11 is 0. The molecule has 0 aromatic carbocycles. The van der Waals surface area contributed by atoms with Crippen LogP contribution in [0.2, 0.25) is 0 Å². The van der Waals surface area contributed by atoms with Gasteiger partial charge in [-0.1, -0.05) is 12.2 Å². The summed E-state index contributed by atoms with van der Waals surface area (Å²) in [6.07, 6.45) is 13.0. The second kappa shape index (κ2) is 6.04. The zero-order valence-corrected chi connectivity index (χ0v) is 12.8. The number of carbonyl (C=O) groups is 1. The SMILES string of the molecule is O=C(NC1=CC=CNC1)c1ccnc2nc(C3=CNCC=C3)[nH]c12. The van der Waals surface area contributed by atoms with Gasteiger partial charge in [0.1, 0.15) is 5.82 Å². The van der Waals surface area contributed by atoms with Gasteiger partial charge in [0, 0.05) is 30.2 Å². The molecule has 4 rings (SSSR count). The van der Waals surface area contributed by atoms with Crippen molar-refractivity contribution in [2.24, 2.45) is 0 Å². The van der Waals surface area contributed by atoms with E-state index in [0.717, 1.165) is 17.8 Å². The van der Waals surface area contributed by atoms with Crippen molar-refractivity contribution < 1.29 is 4.79 Å². The van der Waals surface area contributed by atoms with Crippen molar-refractivity contribution in [2.75, 3.05) is 13.1 Å². The Balaban J connectivity index is 1.68. The van der Waals surface area contributed by atoms with Crippen LogP contribution in [0.25, 0.3) is 16.7 Å². The van der Waals surface area contributed by atoms with Crippen LogP contribution in [0, 0.1) is 0 Å². The van der Waals surface area contributed by atoms with Gasteiger partial charge in [-0.15, -0.1) is 0 Å². The summed E-state index contributed by atoms with van der Waals surface area (Å²) in [4.78, 5) is 24.5. The van der Waals surface area contributed by atoms with Crippen molar-refractivity contribution in [3.8, 4) is 0 Å². The number of carbonyl (C=O) groups excluding carboxylic acids is 1. The number of pyridine rings is 1. The molecule has 0 aliphatic carbocycles. The Hall–Kier alpha value is -3.35. The Morgan fingerprint density at radius 2 is 2.25 bits per heavy atom. The molecule has 2 aromatic rings. The molecule has 2 aliphatic heterocycles. The molecule has 0 saturated carbocycles. The zero-order chi connectivity index (χ0) is 16.4. The number of nitrogens with zero attached hydrogens (tertiary/aromatic N) is 2. The molecule has 4 heterocycles. The highest BCUT2D eigenvalue weighted by molar-refractivity contribution is 6.05. The summed E-state index contributed by atoms with van der Waals surface area (Å²) in [5, 5.41) is 9.11. The fourth-order valence-corrected chi connectivity index (χ4v) is 2.61. The number of aromatic amines is 1. The lowest BCUT2D eigenvalue weighted by molar-refractivity contribution is 0.0966. The predicted octanol–water partition coefficient (Wildman–Crippen LogP) is 1.19. The highest BCUT2D eigenvalue weighted by atomic mass is 16.1. The first-order valence-corrected chi connectivity index (χ1v) is 7.67. The fourth-order valence-electron chi connectivity index (χ4n) is 2.61. The molecular formula is C17H16N6O. The second-order valence-electron chi connectivity index (χ2n) is 5.44. The average molecular weight is 320 g/mol. The van der Waals surface area contributed by atoms with E-state index in [9.17, 15) is 4.79 Å². The number of hydrogen-bond acceptors (Lipinski definition) is 5. The van der Waals surface area contributed by atoms with Crippen LogP contribution in [-0.4, -0.2) is 33.9 Å². The molecule has 0 fully saturated rings. The van der Waals surface area contributed by atoms with E-state index in [1.165, 1.54) is 0 Å². The molecule has 1 amide bonds. The summed E-state index contributed by atoms with van der Waals surface area (Å²) in [6, 6.07) is 1.69. The third-order valence-electron chi connectivity index (χ3n) is 3.78. The highest BCUT2D eigenvalue weighted by Crippen LogP contribution is 2.20. The largest absolute Gasteiger partial charge is 0.387 e. The third-order valence-corrected chi connectivity index (χ3v) is 3.78.